The summed E-state index contributed by atoms with van der Waals surface area (Å²) in [5, 5.41) is 0.592. The van der Waals surface area contributed by atoms with Crippen LogP contribution in [0.1, 0.15) is 12.6 Å². The van der Waals surface area contributed by atoms with E-state index in [-0.39, 0.29) is 5.91 Å². The van der Waals surface area contributed by atoms with E-state index >= 15 is 0 Å². The Labute approximate surface area is 128 Å². The van der Waals surface area contributed by atoms with Gasteiger partial charge in [-0.05, 0) is 25.1 Å². The Morgan fingerprint density at radius 2 is 2.29 bits per heavy atom. The molecule has 1 aromatic carbocycles. The zero-order chi connectivity index (χ0) is 14.8. The first kappa shape index (κ1) is 13.9. The highest BCUT2D eigenvalue weighted by atomic mass is 35.5. The van der Waals surface area contributed by atoms with Gasteiger partial charge in [0.1, 0.15) is 5.75 Å². The first-order valence-corrected chi connectivity index (χ1v) is 7.21. The van der Waals surface area contributed by atoms with E-state index in [4.69, 9.17) is 16.3 Å². The summed E-state index contributed by atoms with van der Waals surface area (Å²) in [4.78, 5) is 18.4. The molecule has 1 aromatic heterocycles. The molecule has 0 N–H and O–H groups in total. The van der Waals surface area contributed by atoms with E-state index in [9.17, 15) is 4.79 Å². The van der Waals surface area contributed by atoms with Crippen molar-refractivity contribution >= 4 is 17.5 Å². The maximum absolute atomic E-state index is 12.5. The molecule has 2 heterocycles. The van der Waals surface area contributed by atoms with Gasteiger partial charge in [0.05, 0.1) is 18.6 Å². The van der Waals surface area contributed by atoms with Crippen molar-refractivity contribution in [3.8, 4) is 5.75 Å². The molecule has 0 fully saturated rings. The van der Waals surface area contributed by atoms with Gasteiger partial charge >= 0.3 is 0 Å². The molecule has 0 saturated heterocycles. The van der Waals surface area contributed by atoms with Crippen LogP contribution in [-0.2, 0) is 17.9 Å². The third-order valence-electron chi connectivity index (χ3n) is 3.53. The molecule has 110 valence electrons. The largest absolute Gasteiger partial charge is 0.481 e. The fourth-order valence-corrected chi connectivity index (χ4v) is 2.60. The molecule has 21 heavy (non-hydrogen) atoms. The Morgan fingerprint density at radius 1 is 1.43 bits per heavy atom. The van der Waals surface area contributed by atoms with Gasteiger partial charge in [0.25, 0.3) is 5.91 Å². The topological polar surface area (TPSA) is 47.4 Å². The number of aromatic nitrogens is 2. The van der Waals surface area contributed by atoms with Crippen molar-refractivity contribution in [3.63, 3.8) is 0 Å². The fourth-order valence-electron chi connectivity index (χ4n) is 2.42. The fraction of sp³-hybridized carbons (Fsp3) is 0.333. The maximum atomic E-state index is 12.5. The van der Waals surface area contributed by atoms with Gasteiger partial charge in [-0.3, -0.25) is 4.79 Å². The molecule has 1 aliphatic rings. The van der Waals surface area contributed by atoms with Crippen LogP contribution in [0.4, 0.5) is 0 Å². The molecule has 0 saturated carbocycles. The first-order chi connectivity index (χ1) is 10.1. The number of ether oxygens (including phenoxy) is 1. The quantitative estimate of drug-likeness (QED) is 0.874. The van der Waals surface area contributed by atoms with Crippen molar-refractivity contribution in [3.05, 3.63) is 47.5 Å². The lowest BCUT2D eigenvalue weighted by molar-refractivity contribution is -0.139. The molecule has 3 rings (SSSR count). The van der Waals surface area contributed by atoms with Crippen molar-refractivity contribution < 1.29 is 9.53 Å². The van der Waals surface area contributed by atoms with E-state index in [0.29, 0.717) is 23.9 Å². The Morgan fingerprint density at radius 3 is 3.10 bits per heavy atom. The number of nitrogens with zero attached hydrogens (tertiary/aromatic N) is 3. The zero-order valence-corrected chi connectivity index (χ0v) is 12.5. The first-order valence-electron chi connectivity index (χ1n) is 6.83. The number of hydrogen-bond donors (Lipinski definition) is 0. The van der Waals surface area contributed by atoms with Gasteiger partial charge in [0.2, 0.25) is 0 Å². The van der Waals surface area contributed by atoms with Crippen molar-refractivity contribution in [1.82, 2.24) is 14.5 Å². The van der Waals surface area contributed by atoms with Crippen molar-refractivity contribution in [1.29, 1.82) is 0 Å². The van der Waals surface area contributed by atoms with E-state index in [1.54, 1.807) is 48.6 Å². The van der Waals surface area contributed by atoms with E-state index in [1.807, 2.05) is 0 Å². The number of rotatable bonds is 3. The molecule has 6 heteroatoms. The monoisotopic (exact) mass is 305 g/mol. The second-order valence-electron chi connectivity index (χ2n) is 5.06. The van der Waals surface area contributed by atoms with Crippen molar-refractivity contribution in [2.75, 3.05) is 6.54 Å². The van der Waals surface area contributed by atoms with Crippen LogP contribution in [0, 0.1) is 0 Å². The molecule has 5 nitrogen and oxygen atoms in total. The average Bonchev–Trinajstić information content (AvgIpc) is 2.93. The van der Waals surface area contributed by atoms with Gasteiger partial charge in [-0.15, -0.1) is 0 Å². The molecule has 0 spiro atoms. The lowest BCUT2D eigenvalue weighted by Gasteiger charge is -2.30. The molecule has 2 aromatic rings. The predicted octanol–water partition coefficient (Wildman–Crippen LogP) is 2.35. The lowest BCUT2D eigenvalue weighted by Crippen LogP contribution is -2.44. The summed E-state index contributed by atoms with van der Waals surface area (Å²) in [6, 6.07) is 7.07. The highest BCUT2D eigenvalue weighted by molar-refractivity contribution is 6.30. The molecule has 1 aliphatic heterocycles. The summed E-state index contributed by atoms with van der Waals surface area (Å²) in [6.07, 6.45) is 3.04. The SMILES string of the molecule is CC(Oc1cccc(Cl)c1)C(=O)N1CCn2cncc2C1. The second kappa shape index (κ2) is 5.77. The van der Waals surface area contributed by atoms with Crippen LogP contribution < -0.4 is 4.74 Å². The van der Waals surface area contributed by atoms with Gasteiger partial charge in [0.15, 0.2) is 6.10 Å². The Hall–Kier alpha value is -2.01. The minimum Gasteiger partial charge on any atom is -0.481 e. The highest BCUT2D eigenvalue weighted by Gasteiger charge is 2.25. The average molecular weight is 306 g/mol. The van der Waals surface area contributed by atoms with Crippen LogP contribution in [-0.4, -0.2) is 33.0 Å². The van der Waals surface area contributed by atoms with Gasteiger partial charge in [-0.2, -0.15) is 0 Å². The van der Waals surface area contributed by atoms with Crippen LogP contribution in [0.5, 0.6) is 5.75 Å². The number of carbonyl (C=O) groups is 1. The van der Waals surface area contributed by atoms with E-state index in [2.05, 4.69) is 9.55 Å². The third-order valence-corrected chi connectivity index (χ3v) is 3.77. The standard InChI is InChI=1S/C15H16ClN3O2/c1-11(21-14-4-2-3-12(16)7-14)15(20)18-5-6-19-10-17-8-13(19)9-18/h2-4,7-8,10-11H,5-6,9H2,1H3. The number of carbonyl (C=O) groups excluding carboxylic acids is 1. The molecule has 0 bridgehead atoms. The van der Waals surface area contributed by atoms with E-state index in [0.717, 1.165) is 12.2 Å². The lowest BCUT2D eigenvalue weighted by atomic mass is 10.2. The summed E-state index contributed by atoms with van der Waals surface area (Å²) in [7, 11) is 0. The number of hydrogen-bond acceptors (Lipinski definition) is 3. The van der Waals surface area contributed by atoms with Crippen molar-refractivity contribution in [2.45, 2.75) is 26.1 Å². The van der Waals surface area contributed by atoms with Crippen LogP contribution >= 0.6 is 11.6 Å². The minimum absolute atomic E-state index is 0.0255. The minimum atomic E-state index is -0.544. The Bertz CT molecular complexity index is 656. The number of fused-ring (bicyclic) bond motifs is 1. The van der Waals surface area contributed by atoms with Crippen molar-refractivity contribution in [2.24, 2.45) is 0 Å². The molecular weight excluding hydrogens is 290 g/mol. The van der Waals surface area contributed by atoms with Crippen LogP contribution in [0.2, 0.25) is 5.02 Å². The molecule has 0 radical (unpaired) electrons. The van der Waals surface area contributed by atoms with Crippen LogP contribution in [0.25, 0.3) is 0 Å². The van der Waals surface area contributed by atoms with E-state index < -0.39 is 6.10 Å². The number of imidazole rings is 1. The summed E-state index contributed by atoms with van der Waals surface area (Å²) in [5.41, 5.74) is 1.05. The Balaban J connectivity index is 1.65. The van der Waals surface area contributed by atoms with Gasteiger partial charge in [-0.1, -0.05) is 17.7 Å². The molecule has 1 unspecified atom stereocenters. The third kappa shape index (κ3) is 3.03. The summed E-state index contributed by atoms with van der Waals surface area (Å²) in [5.74, 6) is 0.577. The number of amides is 1. The predicted molar refractivity (Wildman–Crippen MR) is 79.2 cm³/mol. The van der Waals surface area contributed by atoms with Gasteiger partial charge < -0.3 is 14.2 Å². The van der Waals surface area contributed by atoms with Crippen LogP contribution in [0.15, 0.2) is 36.8 Å². The second-order valence-corrected chi connectivity index (χ2v) is 5.49. The van der Waals surface area contributed by atoms with Crippen LogP contribution in [0.3, 0.4) is 0 Å². The zero-order valence-electron chi connectivity index (χ0n) is 11.7. The molecular formula is C15H16ClN3O2. The summed E-state index contributed by atoms with van der Waals surface area (Å²) < 4.78 is 7.74. The molecule has 1 atom stereocenters. The van der Waals surface area contributed by atoms with Gasteiger partial charge in [0, 0.05) is 24.3 Å². The van der Waals surface area contributed by atoms with E-state index in [1.165, 1.54) is 0 Å². The summed E-state index contributed by atoms with van der Waals surface area (Å²) in [6.45, 7) is 3.77. The normalized spacial score (nSPS) is 15.4. The smallest absolute Gasteiger partial charge is 0.263 e. The highest BCUT2D eigenvalue weighted by Crippen LogP contribution is 2.20. The number of benzene rings is 1. The maximum Gasteiger partial charge on any atom is 0.263 e. The molecule has 0 aliphatic carbocycles. The van der Waals surface area contributed by atoms with Gasteiger partial charge in [-0.25, -0.2) is 4.98 Å². The molecule has 1 amide bonds. The Kier molecular flexibility index (Phi) is 3.84. The summed E-state index contributed by atoms with van der Waals surface area (Å²) >= 11 is 5.92. The number of halogens is 1.